The Bertz CT molecular complexity index is 989. The van der Waals surface area contributed by atoms with Gasteiger partial charge in [0.1, 0.15) is 11.5 Å². The first-order chi connectivity index (χ1) is 12.4. The van der Waals surface area contributed by atoms with Crippen molar-refractivity contribution in [3.05, 3.63) is 83.1 Å². The highest BCUT2D eigenvalue weighted by molar-refractivity contribution is 5.88. The topological polar surface area (TPSA) is 36.9 Å². The normalized spacial score (nSPS) is 12.0. The monoisotopic (exact) mass is 353 g/mol. The van der Waals surface area contributed by atoms with Crippen molar-refractivity contribution in [3.8, 4) is 17.4 Å². The third-order valence-corrected chi connectivity index (χ3v) is 3.87. The zero-order chi connectivity index (χ0) is 18.7. The van der Waals surface area contributed by atoms with E-state index in [1.54, 1.807) is 24.3 Å². The number of alkyl halides is 3. The summed E-state index contributed by atoms with van der Waals surface area (Å²) in [7, 11) is 0. The Labute approximate surface area is 148 Å². The number of rotatable bonds is 3. The average molecular weight is 353 g/mol. The summed E-state index contributed by atoms with van der Waals surface area (Å²) in [6, 6.07) is 17.7. The highest BCUT2D eigenvalue weighted by Crippen LogP contribution is 2.33. The average Bonchev–Trinajstić information content (AvgIpc) is 3.09. The summed E-state index contributed by atoms with van der Waals surface area (Å²) >= 11 is 0. The van der Waals surface area contributed by atoms with Crippen LogP contribution in [0.5, 0.6) is 0 Å². The van der Waals surface area contributed by atoms with Crippen LogP contribution < -0.4 is 0 Å². The molecule has 0 bridgehead atoms. The first-order valence-corrected chi connectivity index (χ1v) is 7.83. The molecule has 0 radical (unpaired) electrons. The minimum absolute atomic E-state index is 0.309. The molecule has 0 atom stereocenters. The molecule has 26 heavy (non-hydrogen) atoms. The lowest BCUT2D eigenvalue weighted by Gasteiger charge is -2.07. The Morgan fingerprint density at radius 3 is 2.42 bits per heavy atom. The van der Waals surface area contributed by atoms with Crippen LogP contribution in [0.25, 0.3) is 23.0 Å². The van der Waals surface area contributed by atoms with Crippen molar-refractivity contribution in [2.75, 3.05) is 0 Å². The summed E-state index contributed by atoms with van der Waals surface area (Å²) < 4.78 is 44.2. The molecule has 2 nitrogen and oxygen atoms in total. The second kappa shape index (κ2) is 6.93. The van der Waals surface area contributed by atoms with Gasteiger partial charge < -0.3 is 4.42 Å². The number of hydrogen-bond donors (Lipinski definition) is 0. The van der Waals surface area contributed by atoms with E-state index in [1.165, 1.54) is 6.07 Å². The van der Waals surface area contributed by atoms with E-state index in [2.05, 4.69) is 6.07 Å². The summed E-state index contributed by atoms with van der Waals surface area (Å²) in [6.07, 6.45) is -2.84. The van der Waals surface area contributed by atoms with Gasteiger partial charge in [-0.3, -0.25) is 0 Å². The molecule has 0 aliphatic rings. The minimum atomic E-state index is -4.41. The molecule has 130 valence electrons. The molecule has 0 unspecified atom stereocenters. The smallest absolute Gasteiger partial charge is 0.416 e. The number of nitrogens with zero attached hydrogens (tertiary/aromatic N) is 1. The molecule has 1 heterocycles. The van der Waals surface area contributed by atoms with Crippen molar-refractivity contribution in [1.82, 2.24) is 0 Å². The van der Waals surface area contributed by atoms with Gasteiger partial charge in [0.25, 0.3) is 0 Å². The Balaban J connectivity index is 1.92. The number of nitriles is 1. The molecule has 2 aromatic carbocycles. The van der Waals surface area contributed by atoms with Gasteiger partial charge in [-0.05, 0) is 42.8 Å². The molecule has 3 rings (SSSR count). The molecule has 1 aromatic heterocycles. The van der Waals surface area contributed by atoms with E-state index in [4.69, 9.17) is 4.42 Å². The fourth-order valence-electron chi connectivity index (χ4n) is 2.49. The second-order valence-corrected chi connectivity index (χ2v) is 5.82. The van der Waals surface area contributed by atoms with E-state index in [0.29, 0.717) is 22.7 Å². The maximum absolute atomic E-state index is 12.8. The highest BCUT2D eigenvalue weighted by Gasteiger charge is 2.30. The van der Waals surface area contributed by atoms with Crippen LogP contribution in [0.1, 0.15) is 22.5 Å². The molecule has 0 fully saturated rings. The van der Waals surface area contributed by atoms with Gasteiger partial charge in [0.15, 0.2) is 0 Å². The summed E-state index contributed by atoms with van der Waals surface area (Å²) in [6.45, 7) is 1.95. The molecule has 5 heteroatoms. The molecule has 0 spiro atoms. The van der Waals surface area contributed by atoms with Gasteiger partial charge in [0.05, 0.1) is 17.2 Å². The van der Waals surface area contributed by atoms with Crippen LogP contribution >= 0.6 is 0 Å². The molecule has 3 aromatic rings. The van der Waals surface area contributed by atoms with Gasteiger partial charge in [-0.25, -0.2) is 0 Å². The van der Waals surface area contributed by atoms with Gasteiger partial charge in [-0.1, -0.05) is 42.0 Å². The SMILES string of the molecule is Cc1ccc(/C(C#N)=C\c2ccc(-c3cccc(C(F)(F)F)c3)o2)cc1. The predicted octanol–water partition coefficient (Wildman–Crippen LogP) is 6.34. The first-order valence-electron chi connectivity index (χ1n) is 7.83. The molecule has 0 N–H and O–H groups in total. The molecular formula is C21H14F3NO. The van der Waals surface area contributed by atoms with E-state index in [-0.39, 0.29) is 0 Å². The van der Waals surface area contributed by atoms with Crippen LogP contribution in [0.3, 0.4) is 0 Å². The predicted molar refractivity (Wildman–Crippen MR) is 93.8 cm³/mol. The van der Waals surface area contributed by atoms with Crippen molar-refractivity contribution >= 4 is 11.6 Å². The molecule has 0 aliphatic heterocycles. The van der Waals surface area contributed by atoms with Gasteiger partial charge in [-0.15, -0.1) is 0 Å². The van der Waals surface area contributed by atoms with Crippen LogP contribution in [0.2, 0.25) is 0 Å². The maximum atomic E-state index is 12.8. The van der Waals surface area contributed by atoms with E-state index >= 15 is 0 Å². The summed E-state index contributed by atoms with van der Waals surface area (Å²) in [5.41, 5.74) is 1.83. The Hall–Kier alpha value is -3.26. The highest BCUT2D eigenvalue weighted by atomic mass is 19.4. The van der Waals surface area contributed by atoms with Gasteiger partial charge in [0.2, 0.25) is 0 Å². The fourth-order valence-corrected chi connectivity index (χ4v) is 2.49. The van der Waals surface area contributed by atoms with Crippen LogP contribution in [-0.4, -0.2) is 0 Å². The van der Waals surface area contributed by atoms with E-state index < -0.39 is 11.7 Å². The number of allylic oxidation sites excluding steroid dienone is 1. The van der Waals surface area contributed by atoms with Crippen LogP contribution in [0.15, 0.2) is 65.1 Å². The third kappa shape index (κ3) is 3.86. The third-order valence-electron chi connectivity index (χ3n) is 3.87. The molecule has 0 saturated heterocycles. The van der Waals surface area contributed by atoms with Crippen molar-refractivity contribution in [3.63, 3.8) is 0 Å². The molecule has 0 saturated carbocycles. The largest absolute Gasteiger partial charge is 0.457 e. The minimum Gasteiger partial charge on any atom is -0.457 e. The lowest BCUT2D eigenvalue weighted by molar-refractivity contribution is -0.137. The standard InChI is InChI=1S/C21H14F3NO/c1-14-5-7-15(8-6-14)17(13-25)12-19-9-10-20(26-19)16-3-2-4-18(11-16)21(22,23)24/h2-12H,1H3/b17-12-. The maximum Gasteiger partial charge on any atom is 0.416 e. The lowest BCUT2D eigenvalue weighted by atomic mass is 10.0. The van der Waals surface area contributed by atoms with E-state index in [0.717, 1.165) is 23.3 Å². The summed E-state index contributed by atoms with van der Waals surface area (Å²) in [5, 5.41) is 9.37. The molecule has 0 amide bonds. The van der Waals surface area contributed by atoms with Crippen molar-refractivity contribution < 1.29 is 17.6 Å². The number of hydrogen-bond acceptors (Lipinski definition) is 2. The molecular weight excluding hydrogens is 339 g/mol. The fraction of sp³-hybridized carbons (Fsp3) is 0.0952. The molecule has 0 aliphatic carbocycles. The first kappa shape index (κ1) is 17.6. The van der Waals surface area contributed by atoms with Crippen LogP contribution in [0.4, 0.5) is 13.2 Å². The zero-order valence-electron chi connectivity index (χ0n) is 13.8. The lowest BCUT2D eigenvalue weighted by Crippen LogP contribution is -2.04. The second-order valence-electron chi connectivity index (χ2n) is 5.82. The Kier molecular flexibility index (Phi) is 4.68. The van der Waals surface area contributed by atoms with Crippen molar-refractivity contribution in [2.45, 2.75) is 13.1 Å². The summed E-state index contributed by atoms with van der Waals surface area (Å²) in [5.74, 6) is 0.707. The number of furan rings is 1. The van der Waals surface area contributed by atoms with Crippen molar-refractivity contribution in [2.24, 2.45) is 0 Å². The number of halogens is 3. The zero-order valence-corrected chi connectivity index (χ0v) is 13.8. The van der Waals surface area contributed by atoms with Crippen molar-refractivity contribution in [1.29, 1.82) is 5.26 Å². The van der Waals surface area contributed by atoms with Crippen LogP contribution in [0, 0.1) is 18.3 Å². The van der Waals surface area contributed by atoms with E-state index in [9.17, 15) is 18.4 Å². The quantitative estimate of drug-likeness (QED) is 0.515. The Morgan fingerprint density at radius 2 is 1.77 bits per heavy atom. The number of aryl methyl sites for hydroxylation is 1. The summed E-state index contributed by atoms with van der Waals surface area (Å²) in [4.78, 5) is 0. The Morgan fingerprint density at radius 1 is 1.04 bits per heavy atom. The van der Waals surface area contributed by atoms with Gasteiger partial charge in [0, 0.05) is 5.56 Å². The van der Waals surface area contributed by atoms with Crippen LogP contribution in [-0.2, 0) is 6.18 Å². The number of benzene rings is 2. The van der Waals surface area contributed by atoms with Gasteiger partial charge >= 0.3 is 6.18 Å². The van der Waals surface area contributed by atoms with E-state index in [1.807, 2.05) is 31.2 Å². The van der Waals surface area contributed by atoms with Gasteiger partial charge in [-0.2, -0.15) is 18.4 Å².